The van der Waals surface area contributed by atoms with Gasteiger partial charge in [0, 0.05) is 11.6 Å². The number of benzene rings is 2. The second-order valence-electron chi connectivity index (χ2n) is 5.19. The van der Waals surface area contributed by atoms with Gasteiger partial charge >= 0.3 is 0 Å². The topological polar surface area (TPSA) is 51.0 Å². The largest absolute Gasteiger partial charge is 0.338 e. The molecule has 1 fully saturated rings. The number of nitrogens with one attached hydrogen (secondary N) is 1. The predicted octanol–water partition coefficient (Wildman–Crippen LogP) is 3.14. The normalized spacial score (nSPS) is 14.8. The van der Waals surface area contributed by atoms with Crippen molar-refractivity contribution in [2.75, 3.05) is 0 Å². The van der Waals surface area contributed by atoms with Crippen molar-refractivity contribution in [3.63, 3.8) is 0 Å². The standard InChI is InChI=1S/C16H15N3O/c1-2-6-13-11(4-1)5-3-7-14(13)16-18-15(20-19-16)10-17-12-8-9-12/h1-7,12,17H,8-10H2. The van der Waals surface area contributed by atoms with Gasteiger partial charge in [0.2, 0.25) is 11.7 Å². The van der Waals surface area contributed by atoms with Crippen LogP contribution in [0.4, 0.5) is 0 Å². The van der Waals surface area contributed by atoms with Crippen LogP contribution < -0.4 is 5.32 Å². The summed E-state index contributed by atoms with van der Waals surface area (Å²) in [4.78, 5) is 4.49. The van der Waals surface area contributed by atoms with Crippen LogP contribution in [0.5, 0.6) is 0 Å². The van der Waals surface area contributed by atoms with Crippen molar-refractivity contribution in [2.24, 2.45) is 0 Å². The molecule has 1 aromatic heterocycles. The summed E-state index contributed by atoms with van der Waals surface area (Å²) < 4.78 is 5.32. The van der Waals surface area contributed by atoms with Crippen molar-refractivity contribution in [2.45, 2.75) is 25.4 Å². The Hall–Kier alpha value is -2.20. The Morgan fingerprint density at radius 3 is 2.85 bits per heavy atom. The molecule has 4 nitrogen and oxygen atoms in total. The van der Waals surface area contributed by atoms with Crippen molar-refractivity contribution >= 4 is 10.8 Å². The van der Waals surface area contributed by atoms with Crippen LogP contribution in [0.3, 0.4) is 0 Å². The third-order valence-corrected chi connectivity index (χ3v) is 3.62. The lowest BCUT2D eigenvalue weighted by atomic mass is 10.0. The number of fused-ring (bicyclic) bond motifs is 1. The van der Waals surface area contributed by atoms with Crippen LogP contribution in [0.2, 0.25) is 0 Å². The number of hydrogen-bond donors (Lipinski definition) is 1. The average Bonchev–Trinajstić information content (AvgIpc) is 3.21. The lowest BCUT2D eigenvalue weighted by Crippen LogP contribution is -2.15. The predicted molar refractivity (Wildman–Crippen MR) is 77.1 cm³/mol. The van der Waals surface area contributed by atoms with E-state index in [0.29, 0.717) is 24.3 Å². The maximum atomic E-state index is 5.32. The molecule has 4 rings (SSSR count). The Bertz CT molecular complexity index is 741. The van der Waals surface area contributed by atoms with Gasteiger partial charge in [0.25, 0.3) is 0 Å². The molecule has 100 valence electrons. The fraction of sp³-hybridized carbons (Fsp3) is 0.250. The quantitative estimate of drug-likeness (QED) is 0.787. The van der Waals surface area contributed by atoms with E-state index in [2.05, 4.69) is 33.7 Å². The number of aromatic nitrogens is 2. The molecule has 0 atom stereocenters. The van der Waals surface area contributed by atoms with E-state index in [1.54, 1.807) is 0 Å². The van der Waals surface area contributed by atoms with Crippen LogP contribution in [-0.2, 0) is 6.54 Å². The van der Waals surface area contributed by atoms with Crippen LogP contribution >= 0.6 is 0 Å². The molecular weight excluding hydrogens is 250 g/mol. The summed E-state index contributed by atoms with van der Waals surface area (Å²) in [7, 11) is 0. The molecule has 0 bridgehead atoms. The maximum absolute atomic E-state index is 5.32. The lowest BCUT2D eigenvalue weighted by Gasteiger charge is -2.01. The molecule has 0 amide bonds. The van der Waals surface area contributed by atoms with E-state index < -0.39 is 0 Å². The van der Waals surface area contributed by atoms with E-state index in [-0.39, 0.29) is 0 Å². The molecule has 0 radical (unpaired) electrons. The Morgan fingerprint density at radius 1 is 1.10 bits per heavy atom. The highest BCUT2D eigenvalue weighted by atomic mass is 16.5. The van der Waals surface area contributed by atoms with Crippen LogP contribution in [0.1, 0.15) is 18.7 Å². The molecule has 0 saturated heterocycles. The van der Waals surface area contributed by atoms with Crippen LogP contribution in [0.15, 0.2) is 47.0 Å². The van der Waals surface area contributed by atoms with Gasteiger partial charge in [-0.2, -0.15) is 4.98 Å². The van der Waals surface area contributed by atoms with Gasteiger partial charge < -0.3 is 9.84 Å². The molecule has 3 aromatic rings. The minimum atomic E-state index is 0.642. The highest BCUT2D eigenvalue weighted by molar-refractivity contribution is 5.94. The van der Waals surface area contributed by atoms with Gasteiger partial charge in [0.15, 0.2) is 0 Å². The summed E-state index contributed by atoms with van der Waals surface area (Å²) in [5.74, 6) is 1.31. The van der Waals surface area contributed by atoms with Gasteiger partial charge in [0.05, 0.1) is 6.54 Å². The van der Waals surface area contributed by atoms with Crippen molar-refractivity contribution in [1.29, 1.82) is 0 Å². The molecule has 1 N–H and O–H groups in total. The van der Waals surface area contributed by atoms with E-state index in [1.807, 2.05) is 24.3 Å². The summed E-state index contributed by atoms with van der Waals surface area (Å²) in [6.07, 6.45) is 2.51. The highest BCUT2D eigenvalue weighted by Crippen LogP contribution is 2.26. The summed E-state index contributed by atoms with van der Waals surface area (Å²) in [5.41, 5.74) is 1.02. The van der Waals surface area contributed by atoms with Gasteiger partial charge in [-0.1, -0.05) is 47.6 Å². The van der Waals surface area contributed by atoms with Crippen molar-refractivity contribution in [1.82, 2.24) is 15.5 Å². The number of nitrogens with zero attached hydrogens (tertiary/aromatic N) is 2. The SMILES string of the molecule is c1ccc2c(-c3noc(CNC4CC4)n3)cccc2c1. The van der Waals surface area contributed by atoms with Gasteiger partial charge in [-0.3, -0.25) is 0 Å². The molecule has 0 aliphatic heterocycles. The second-order valence-corrected chi connectivity index (χ2v) is 5.19. The van der Waals surface area contributed by atoms with Gasteiger partial charge in [0.1, 0.15) is 0 Å². The van der Waals surface area contributed by atoms with Crippen LogP contribution in [0.25, 0.3) is 22.2 Å². The van der Waals surface area contributed by atoms with Crippen molar-refractivity contribution in [3.05, 3.63) is 48.4 Å². The van der Waals surface area contributed by atoms with E-state index in [0.717, 1.165) is 10.9 Å². The van der Waals surface area contributed by atoms with Crippen LogP contribution in [0, 0.1) is 0 Å². The molecule has 2 aromatic carbocycles. The first-order valence-electron chi connectivity index (χ1n) is 6.94. The van der Waals surface area contributed by atoms with Crippen LogP contribution in [-0.4, -0.2) is 16.2 Å². The monoisotopic (exact) mass is 265 g/mol. The summed E-state index contributed by atoms with van der Waals surface area (Å²) in [6, 6.07) is 15.0. The molecule has 0 spiro atoms. The first-order valence-corrected chi connectivity index (χ1v) is 6.94. The Kier molecular flexibility index (Phi) is 2.74. The molecule has 1 saturated carbocycles. The first kappa shape index (κ1) is 11.6. The second kappa shape index (κ2) is 4.72. The number of rotatable bonds is 4. The minimum Gasteiger partial charge on any atom is -0.338 e. The molecule has 0 unspecified atom stereocenters. The smallest absolute Gasteiger partial charge is 0.240 e. The third-order valence-electron chi connectivity index (χ3n) is 3.62. The molecule has 1 aliphatic carbocycles. The Balaban J connectivity index is 1.67. The zero-order valence-corrected chi connectivity index (χ0v) is 11.0. The average molecular weight is 265 g/mol. The van der Waals surface area contributed by atoms with E-state index in [4.69, 9.17) is 4.52 Å². The van der Waals surface area contributed by atoms with E-state index >= 15 is 0 Å². The summed E-state index contributed by atoms with van der Waals surface area (Å²) in [5, 5.41) is 9.83. The van der Waals surface area contributed by atoms with Gasteiger partial charge in [-0.05, 0) is 23.6 Å². The minimum absolute atomic E-state index is 0.642. The van der Waals surface area contributed by atoms with Gasteiger partial charge in [-0.15, -0.1) is 0 Å². The molecule has 20 heavy (non-hydrogen) atoms. The fourth-order valence-electron chi connectivity index (χ4n) is 2.38. The van der Waals surface area contributed by atoms with Gasteiger partial charge in [-0.25, -0.2) is 0 Å². The molecule has 1 aliphatic rings. The van der Waals surface area contributed by atoms with E-state index in [1.165, 1.54) is 18.2 Å². The highest BCUT2D eigenvalue weighted by Gasteiger charge is 2.21. The fourth-order valence-corrected chi connectivity index (χ4v) is 2.38. The lowest BCUT2D eigenvalue weighted by molar-refractivity contribution is 0.367. The van der Waals surface area contributed by atoms with Crippen molar-refractivity contribution < 1.29 is 4.52 Å². The Morgan fingerprint density at radius 2 is 1.95 bits per heavy atom. The zero-order valence-electron chi connectivity index (χ0n) is 11.0. The first-order chi connectivity index (χ1) is 9.90. The summed E-state index contributed by atoms with van der Waals surface area (Å²) >= 11 is 0. The molecule has 1 heterocycles. The zero-order chi connectivity index (χ0) is 13.4. The third kappa shape index (κ3) is 2.18. The molecular formula is C16H15N3O. The Labute approximate surface area is 116 Å². The summed E-state index contributed by atoms with van der Waals surface area (Å²) in [6.45, 7) is 0.655. The van der Waals surface area contributed by atoms with E-state index in [9.17, 15) is 0 Å². The number of hydrogen-bond acceptors (Lipinski definition) is 4. The molecule has 4 heteroatoms. The van der Waals surface area contributed by atoms with Crippen molar-refractivity contribution in [3.8, 4) is 11.4 Å². The maximum Gasteiger partial charge on any atom is 0.240 e.